The molecule has 26 heavy (non-hydrogen) atoms. The van der Waals surface area contributed by atoms with Crippen LogP contribution in [0.2, 0.25) is 0 Å². The molecule has 3 nitrogen and oxygen atoms in total. The SMILES string of the molecule is Cc1ccc(C2=[N+]([O-])C(c3ccccc3)N(Cc3ccccc3)C2)cc1. The van der Waals surface area contributed by atoms with Crippen molar-refractivity contribution < 1.29 is 4.74 Å². The van der Waals surface area contributed by atoms with Gasteiger partial charge >= 0.3 is 0 Å². The van der Waals surface area contributed by atoms with E-state index in [0.29, 0.717) is 6.54 Å². The van der Waals surface area contributed by atoms with Crippen LogP contribution in [0.5, 0.6) is 0 Å². The summed E-state index contributed by atoms with van der Waals surface area (Å²) in [5.74, 6) is 0. The molecule has 3 heteroatoms. The molecule has 0 amide bonds. The summed E-state index contributed by atoms with van der Waals surface area (Å²) in [6, 6.07) is 28.6. The van der Waals surface area contributed by atoms with Crippen molar-refractivity contribution in [2.75, 3.05) is 6.54 Å². The van der Waals surface area contributed by atoms with Crippen LogP contribution in [0.1, 0.15) is 28.4 Å². The van der Waals surface area contributed by atoms with Crippen LogP contribution in [0.15, 0.2) is 84.9 Å². The molecule has 0 aromatic heterocycles. The molecule has 0 fully saturated rings. The molecule has 1 aliphatic rings. The molecule has 0 bridgehead atoms. The fourth-order valence-electron chi connectivity index (χ4n) is 3.54. The molecule has 0 spiro atoms. The number of rotatable bonds is 4. The zero-order valence-corrected chi connectivity index (χ0v) is 14.9. The highest BCUT2D eigenvalue weighted by atomic mass is 16.5. The zero-order chi connectivity index (χ0) is 17.9. The van der Waals surface area contributed by atoms with Crippen LogP contribution in [0.4, 0.5) is 0 Å². The Bertz CT molecular complexity index is 902. The second kappa shape index (κ2) is 7.14. The van der Waals surface area contributed by atoms with Gasteiger partial charge in [-0.2, -0.15) is 4.74 Å². The van der Waals surface area contributed by atoms with Crippen LogP contribution in [-0.4, -0.2) is 21.9 Å². The van der Waals surface area contributed by atoms with E-state index in [1.165, 1.54) is 15.9 Å². The lowest BCUT2D eigenvalue weighted by Gasteiger charge is -2.22. The highest BCUT2D eigenvalue weighted by Gasteiger charge is 2.38. The Hall–Kier alpha value is -2.91. The molecule has 0 aliphatic carbocycles. The van der Waals surface area contributed by atoms with Crippen LogP contribution >= 0.6 is 0 Å². The van der Waals surface area contributed by atoms with E-state index in [1.54, 1.807) is 0 Å². The molecule has 1 aliphatic heterocycles. The van der Waals surface area contributed by atoms with E-state index in [0.717, 1.165) is 23.4 Å². The Balaban J connectivity index is 1.72. The molecule has 1 heterocycles. The lowest BCUT2D eigenvalue weighted by molar-refractivity contribution is -0.523. The lowest BCUT2D eigenvalue weighted by Crippen LogP contribution is -2.27. The second-order valence-electron chi connectivity index (χ2n) is 6.81. The third kappa shape index (κ3) is 3.26. The highest BCUT2D eigenvalue weighted by molar-refractivity contribution is 5.99. The van der Waals surface area contributed by atoms with Gasteiger partial charge in [0.1, 0.15) is 0 Å². The molecule has 130 valence electrons. The average molecular weight is 342 g/mol. The quantitative estimate of drug-likeness (QED) is 0.516. The van der Waals surface area contributed by atoms with Gasteiger partial charge in [-0.1, -0.05) is 78.4 Å². The van der Waals surface area contributed by atoms with Gasteiger partial charge in [0.15, 0.2) is 0 Å². The summed E-state index contributed by atoms with van der Waals surface area (Å²) in [6.45, 7) is 3.45. The molecular formula is C23H22N2O. The summed E-state index contributed by atoms with van der Waals surface area (Å²) in [7, 11) is 0. The molecule has 3 aromatic carbocycles. The third-order valence-corrected chi connectivity index (χ3v) is 4.90. The number of aryl methyl sites for hydroxylation is 1. The summed E-state index contributed by atoms with van der Waals surface area (Å²) >= 11 is 0. The summed E-state index contributed by atoms with van der Waals surface area (Å²) < 4.78 is 1.18. The Labute approximate surface area is 154 Å². The molecule has 0 N–H and O–H groups in total. The first kappa shape index (κ1) is 16.6. The largest absolute Gasteiger partial charge is 0.622 e. The van der Waals surface area contributed by atoms with Crippen LogP contribution in [0.3, 0.4) is 0 Å². The van der Waals surface area contributed by atoms with E-state index in [9.17, 15) is 5.21 Å². The van der Waals surface area contributed by atoms with Crippen molar-refractivity contribution >= 4 is 5.71 Å². The summed E-state index contributed by atoms with van der Waals surface area (Å²) in [5, 5.41) is 13.2. The summed E-state index contributed by atoms with van der Waals surface area (Å²) in [5.41, 5.74) is 5.27. The van der Waals surface area contributed by atoms with Gasteiger partial charge in [0, 0.05) is 17.7 Å². The van der Waals surface area contributed by atoms with Crippen molar-refractivity contribution in [3.63, 3.8) is 0 Å². The minimum absolute atomic E-state index is 0.298. The first-order chi connectivity index (χ1) is 12.7. The maximum atomic E-state index is 13.2. The van der Waals surface area contributed by atoms with E-state index >= 15 is 0 Å². The molecule has 0 saturated carbocycles. The van der Waals surface area contributed by atoms with Crippen molar-refractivity contribution in [1.82, 2.24) is 4.90 Å². The Morgan fingerprint density at radius 3 is 2.15 bits per heavy atom. The molecule has 0 saturated heterocycles. The van der Waals surface area contributed by atoms with Crippen molar-refractivity contribution in [2.24, 2.45) is 0 Å². The van der Waals surface area contributed by atoms with Gasteiger partial charge in [0.25, 0.3) is 0 Å². The molecule has 1 unspecified atom stereocenters. The predicted molar refractivity (Wildman–Crippen MR) is 105 cm³/mol. The van der Waals surface area contributed by atoms with Crippen LogP contribution in [0, 0.1) is 12.1 Å². The molecule has 0 radical (unpaired) electrons. The first-order valence-corrected chi connectivity index (χ1v) is 8.94. The zero-order valence-electron chi connectivity index (χ0n) is 14.9. The lowest BCUT2D eigenvalue weighted by atomic mass is 10.1. The van der Waals surface area contributed by atoms with E-state index in [2.05, 4.69) is 36.1 Å². The fourth-order valence-corrected chi connectivity index (χ4v) is 3.54. The molecule has 4 rings (SSSR count). The van der Waals surface area contributed by atoms with Crippen molar-refractivity contribution in [1.29, 1.82) is 0 Å². The normalized spacial score (nSPS) is 17.7. The number of benzene rings is 3. The van der Waals surface area contributed by atoms with Crippen molar-refractivity contribution in [3.8, 4) is 0 Å². The highest BCUT2D eigenvalue weighted by Crippen LogP contribution is 2.29. The van der Waals surface area contributed by atoms with Crippen LogP contribution in [-0.2, 0) is 6.54 Å². The number of hydrogen-bond acceptors (Lipinski definition) is 2. The van der Waals surface area contributed by atoms with Gasteiger partial charge in [0.05, 0.1) is 6.54 Å². The standard InChI is InChI=1S/C23H22N2O/c1-18-12-14-20(15-13-18)22-17-24(16-19-8-4-2-5-9-19)23(25(22)26)21-10-6-3-7-11-21/h2-15,23H,16-17H2,1H3. The molecule has 1 atom stereocenters. The topological polar surface area (TPSA) is 29.3 Å². The Morgan fingerprint density at radius 1 is 0.885 bits per heavy atom. The van der Waals surface area contributed by atoms with Gasteiger partial charge in [-0.05, 0) is 24.6 Å². The number of nitrogens with zero attached hydrogens (tertiary/aromatic N) is 2. The van der Waals surface area contributed by atoms with Gasteiger partial charge < -0.3 is 5.21 Å². The van der Waals surface area contributed by atoms with Gasteiger partial charge in [-0.15, -0.1) is 0 Å². The molecule has 3 aromatic rings. The third-order valence-electron chi connectivity index (χ3n) is 4.90. The fraction of sp³-hybridized carbons (Fsp3) is 0.174. The van der Waals surface area contributed by atoms with Gasteiger partial charge in [-0.3, -0.25) is 0 Å². The maximum absolute atomic E-state index is 13.2. The van der Waals surface area contributed by atoms with Crippen LogP contribution < -0.4 is 0 Å². The van der Waals surface area contributed by atoms with Gasteiger partial charge in [-0.25, -0.2) is 4.90 Å². The van der Waals surface area contributed by atoms with Crippen LogP contribution in [0.25, 0.3) is 0 Å². The summed E-state index contributed by atoms with van der Waals surface area (Å²) in [4.78, 5) is 2.24. The van der Waals surface area contributed by atoms with E-state index in [1.807, 2.05) is 60.7 Å². The number of hydrogen-bond donors (Lipinski definition) is 0. The minimum atomic E-state index is -0.298. The van der Waals surface area contributed by atoms with Gasteiger partial charge in [0.2, 0.25) is 11.9 Å². The van der Waals surface area contributed by atoms with E-state index in [-0.39, 0.29) is 6.17 Å². The van der Waals surface area contributed by atoms with Crippen molar-refractivity contribution in [3.05, 3.63) is 112 Å². The summed E-state index contributed by atoms with van der Waals surface area (Å²) in [6.07, 6.45) is -0.298. The Kier molecular flexibility index (Phi) is 4.55. The molecular weight excluding hydrogens is 320 g/mol. The van der Waals surface area contributed by atoms with E-state index < -0.39 is 0 Å². The maximum Gasteiger partial charge on any atom is 0.246 e. The van der Waals surface area contributed by atoms with E-state index in [4.69, 9.17) is 0 Å². The van der Waals surface area contributed by atoms with Crippen molar-refractivity contribution in [2.45, 2.75) is 19.6 Å². The Morgan fingerprint density at radius 2 is 1.50 bits per heavy atom. The monoisotopic (exact) mass is 342 g/mol. The predicted octanol–water partition coefficient (Wildman–Crippen LogP) is 4.51. The minimum Gasteiger partial charge on any atom is -0.622 e. The average Bonchev–Trinajstić information content (AvgIpc) is 3.00. The first-order valence-electron chi connectivity index (χ1n) is 8.94. The smallest absolute Gasteiger partial charge is 0.246 e. The second-order valence-corrected chi connectivity index (χ2v) is 6.81. The number of hydroxylamine groups is 1.